The number of sulfonamides is 1. The Bertz CT molecular complexity index is 836. The third-order valence-electron chi connectivity index (χ3n) is 3.84. The zero-order chi connectivity index (χ0) is 19.2. The summed E-state index contributed by atoms with van der Waals surface area (Å²) in [6.45, 7) is 4.63. The number of rotatable bonds is 8. The molecule has 0 aliphatic heterocycles. The van der Waals surface area contributed by atoms with Crippen molar-refractivity contribution in [3.63, 3.8) is 0 Å². The van der Waals surface area contributed by atoms with E-state index >= 15 is 0 Å². The second kappa shape index (κ2) is 8.71. The summed E-state index contributed by atoms with van der Waals surface area (Å²) >= 11 is 0. The summed E-state index contributed by atoms with van der Waals surface area (Å²) < 4.78 is 25.0. The van der Waals surface area contributed by atoms with Crippen molar-refractivity contribution in [1.82, 2.24) is 5.32 Å². The Morgan fingerprint density at radius 1 is 1.00 bits per heavy atom. The molecule has 0 fully saturated rings. The first-order valence-electron chi connectivity index (χ1n) is 8.42. The molecule has 0 spiro atoms. The highest BCUT2D eigenvalue weighted by Gasteiger charge is 2.15. The van der Waals surface area contributed by atoms with E-state index in [0.717, 1.165) is 11.9 Å². The lowest BCUT2D eigenvalue weighted by Gasteiger charge is -2.24. The third-order valence-corrected chi connectivity index (χ3v) is 4.45. The fraction of sp³-hybridized carbons (Fsp3) is 0.316. The molecule has 2 rings (SSSR count). The lowest BCUT2D eigenvalue weighted by molar-refractivity contribution is 0.0950. The fourth-order valence-electron chi connectivity index (χ4n) is 2.44. The molecule has 140 valence electrons. The van der Waals surface area contributed by atoms with E-state index in [9.17, 15) is 13.2 Å². The number of anilines is 2. The van der Waals surface area contributed by atoms with Crippen LogP contribution in [-0.2, 0) is 10.0 Å². The van der Waals surface area contributed by atoms with Gasteiger partial charge in [0.25, 0.3) is 5.91 Å². The molecular weight excluding hydrogens is 350 g/mol. The molecule has 2 aromatic rings. The summed E-state index contributed by atoms with van der Waals surface area (Å²) in [6, 6.07) is 16.3. The Morgan fingerprint density at radius 2 is 1.65 bits per heavy atom. The molecule has 0 saturated carbocycles. The minimum atomic E-state index is -3.38. The van der Waals surface area contributed by atoms with Gasteiger partial charge in [0.1, 0.15) is 0 Å². The van der Waals surface area contributed by atoms with Crippen LogP contribution < -0.4 is 15.4 Å². The summed E-state index contributed by atoms with van der Waals surface area (Å²) in [5.41, 5.74) is 1.77. The molecule has 7 heteroatoms. The van der Waals surface area contributed by atoms with Gasteiger partial charge >= 0.3 is 0 Å². The van der Waals surface area contributed by atoms with Crippen molar-refractivity contribution < 1.29 is 13.2 Å². The average Bonchev–Trinajstić information content (AvgIpc) is 2.57. The van der Waals surface area contributed by atoms with Gasteiger partial charge in [-0.05, 0) is 36.2 Å². The van der Waals surface area contributed by atoms with Gasteiger partial charge in [0.2, 0.25) is 10.0 Å². The number of carbonyl (C=O) groups excluding carboxylic acids is 1. The Hall–Kier alpha value is -2.54. The van der Waals surface area contributed by atoms with Crippen molar-refractivity contribution in [3.8, 4) is 0 Å². The zero-order valence-corrected chi connectivity index (χ0v) is 16.0. The van der Waals surface area contributed by atoms with Crippen molar-refractivity contribution in [2.24, 2.45) is 5.92 Å². The van der Waals surface area contributed by atoms with E-state index in [1.165, 1.54) is 6.07 Å². The summed E-state index contributed by atoms with van der Waals surface area (Å²) in [5, 5.41) is 6.33. The summed E-state index contributed by atoms with van der Waals surface area (Å²) in [7, 11) is -3.38. The molecule has 0 bridgehead atoms. The van der Waals surface area contributed by atoms with E-state index in [1.54, 1.807) is 18.2 Å². The molecule has 0 aromatic heterocycles. The molecule has 1 atom stereocenters. The smallest absolute Gasteiger partial charge is 0.251 e. The number of carbonyl (C=O) groups is 1. The van der Waals surface area contributed by atoms with E-state index in [4.69, 9.17) is 0 Å². The van der Waals surface area contributed by atoms with Gasteiger partial charge < -0.3 is 10.6 Å². The van der Waals surface area contributed by atoms with Gasteiger partial charge in [0.05, 0.1) is 6.26 Å². The van der Waals surface area contributed by atoms with Crippen molar-refractivity contribution in [2.75, 3.05) is 22.8 Å². The first-order chi connectivity index (χ1) is 12.2. The fourth-order valence-corrected chi connectivity index (χ4v) is 3.00. The quantitative estimate of drug-likeness (QED) is 0.662. The highest BCUT2D eigenvalue weighted by atomic mass is 32.2. The van der Waals surface area contributed by atoms with Crippen LogP contribution in [0.2, 0.25) is 0 Å². The topological polar surface area (TPSA) is 87.3 Å². The average molecular weight is 375 g/mol. The van der Waals surface area contributed by atoms with Crippen molar-refractivity contribution >= 4 is 27.3 Å². The van der Waals surface area contributed by atoms with Gasteiger partial charge in [-0.2, -0.15) is 0 Å². The van der Waals surface area contributed by atoms with Crippen LogP contribution in [0.15, 0.2) is 54.6 Å². The minimum absolute atomic E-state index is 0.0682. The van der Waals surface area contributed by atoms with Gasteiger partial charge in [-0.15, -0.1) is 0 Å². The number of amides is 1. The maximum atomic E-state index is 12.4. The predicted molar refractivity (Wildman–Crippen MR) is 106 cm³/mol. The Labute approximate surface area is 155 Å². The van der Waals surface area contributed by atoms with E-state index in [-0.39, 0.29) is 11.9 Å². The van der Waals surface area contributed by atoms with Crippen LogP contribution in [0.1, 0.15) is 24.2 Å². The molecule has 0 heterocycles. The van der Waals surface area contributed by atoms with E-state index in [2.05, 4.69) is 29.2 Å². The van der Waals surface area contributed by atoms with E-state index < -0.39 is 10.0 Å². The number of benzene rings is 2. The largest absolute Gasteiger partial charge is 0.380 e. The van der Waals surface area contributed by atoms with Crippen LogP contribution in [0.3, 0.4) is 0 Å². The maximum absolute atomic E-state index is 12.4. The number of para-hydroxylation sites is 1. The maximum Gasteiger partial charge on any atom is 0.251 e. The molecule has 6 nitrogen and oxygen atoms in total. The Kier molecular flexibility index (Phi) is 6.63. The molecule has 0 radical (unpaired) electrons. The normalized spacial score (nSPS) is 12.5. The Balaban J connectivity index is 2.00. The minimum Gasteiger partial charge on any atom is -0.380 e. The number of hydrogen-bond donors (Lipinski definition) is 3. The molecule has 2 aromatic carbocycles. The first-order valence-corrected chi connectivity index (χ1v) is 10.3. The van der Waals surface area contributed by atoms with Gasteiger partial charge in [0, 0.05) is 29.5 Å². The monoisotopic (exact) mass is 375 g/mol. The van der Waals surface area contributed by atoms with Gasteiger partial charge in [-0.25, -0.2) is 8.42 Å². The highest BCUT2D eigenvalue weighted by Crippen LogP contribution is 2.14. The molecule has 0 aliphatic carbocycles. The lowest BCUT2D eigenvalue weighted by atomic mass is 10.0. The first kappa shape index (κ1) is 19.8. The molecule has 3 N–H and O–H groups in total. The standard InChI is InChI=1S/C19H25N3O3S/c1-14(2)18(21-16-9-5-4-6-10-16)13-20-19(23)15-8-7-11-17(12-15)22-26(3,24)25/h4-12,14,18,21-22H,13H2,1-3H3,(H,20,23). The molecule has 26 heavy (non-hydrogen) atoms. The van der Waals surface area contributed by atoms with Crippen LogP contribution >= 0.6 is 0 Å². The lowest BCUT2D eigenvalue weighted by Crippen LogP contribution is -2.39. The van der Waals surface area contributed by atoms with Gasteiger partial charge in [-0.1, -0.05) is 38.1 Å². The van der Waals surface area contributed by atoms with Crippen molar-refractivity contribution in [1.29, 1.82) is 0 Å². The zero-order valence-electron chi connectivity index (χ0n) is 15.2. The third kappa shape index (κ3) is 6.40. The Morgan fingerprint density at radius 3 is 2.27 bits per heavy atom. The molecular formula is C19H25N3O3S. The van der Waals surface area contributed by atoms with Crippen LogP contribution in [0.25, 0.3) is 0 Å². The van der Waals surface area contributed by atoms with E-state index in [1.807, 2.05) is 30.3 Å². The number of hydrogen-bond acceptors (Lipinski definition) is 4. The summed E-state index contributed by atoms with van der Waals surface area (Å²) in [5.74, 6) is 0.0661. The van der Waals surface area contributed by atoms with Crippen LogP contribution in [0.5, 0.6) is 0 Å². The predicted octanol–water partition coefficient (Wildman–Crippen LogP) is 2.92. The molecule has 0 aliphatic rings. The van der Waals surface area contributed by atoms with Gasteiger partial charge in [-0.3, -0.25) is 9.52 Å². The molecule has 0 saturated heterocycles. The van der Waals surface area contributed by atoms with Crippen molar-refractivity contribution in [3.05, 3.63) is 60.2 Å². The van der Waals surface area contributed by atoms with Gasteiger partial charge in [0.15, 0.2) is 0 Å². The van der Waals surface area contributed by atoms with E-state index in [0.29, 0.717) is 23.7 Å². The number of nitrogens with one attached hydrogen (secondary N) is 3. The van der Waals surface area contributed by atoms with Crippen LogP contribution in [0.4, 0.5) is 11.4 Å². The van der Waals surface area contributed by atoms with Crippen LogP contribution in [-0.4, -0.2) is 33.2 Å². The summed E-state index contributed by atoms with van der Waals surface area (Å²) in [4.78, 5) is 12.4. The van der Waals surface area contributed by atoms with Crippen molar-refractivity contribution in [2.45, 2.75) is 19.9 Å². The highest BCUT2D eigenvalue weighted by molar-refractivity contribution is 7.92. The SMILES string of the molecule is CC(C)C(CNC(=O)c1cccc(NS(C)(=O)=O)c1)Nc1ccccc1. The second-order valence-electron chi connectivity index (χ2n) is 6.53. The molecule has 1 unspecified atom stereocenters. The second-order valence-corrected chi connectivity index (χ2v) is 8.27. The molecule has 1 amide bonds. The van der Waals surface area contributed by atoms with Crippen LogP contribution in [0, 0.1) is 5.92 Å². The summed E-state index contributed by atoms with van der Waals surface area (Å²) in [6.07, 6.45) is 1.07.